The summed E-state index contributed by atoms with van der Waals surface area (Å²) in [5.74, 6) is 0.364. The number of hydrogen-bond donors (Lipinski definition) is 1. The number of halogens is 2. The van der Waals surface area contributed by atoms with Gasteiger partial charge in [0.05, 0.1) is 10.6 Å². The van der Waals surface area contributed by atoms with Crippen molar-refractivity contribution in [1.82, 2.24) is 4.90 Å². The summed E-state index contributed by atoms with van der Waals surface area (Å²) in [5, 5.41) is 3.67. The fourth-order valence-electron chi connectivity index (χ4n) is 4.39. The summed E-state index contributed by atoms with van der Waals surface area (Å²) in [6, 6.07) is 12.5. The lowest BCUT2D eigenvalue weighted by Crippen LogP contribution is -2.49. The number of carbonyl (C=O) groups excluding carboxylic acids is 2. The topological polar surface area (TPSA) is 52.7 Å². The maximum Gasteiger partial charge on any atom is 0.257 e. The van der Waals surface area contributed by atoms with Crippen molar-refractivity contribution in [3.63, 3.8) is 0 Å². The zero-order valence-corrected chi connectivity index (χ0v) is 21.3. The van der Waals surface area contributed by atoms with E-state index >= 15 is 0 Å². The van der Waals surface area contributed by atoms with E-state index < -0.39 is 0 Å². The Morgan fingerprint density at radius 2 is 1.64 bits per heavy atom. The standard InChI is InChI=1S/C26H33Cl2N3O2/c1-18(17-26(2,3)4)15-24(32)31-13-11-30(12-14-31)21-8-6-20(7-9-21)29-25(33)22-10-5-19(27)16-23(22)28/h5-10,16,18H,11-15,17H2,1-4H3,(H,29,33). The summed E-state index contributed by atoms with van der Waals surface area (Å²) in [4.78, 5) is 29.4. The molecular weight excluding hydrogens is 457 g/mol. The number of anilines is 2. The number of hydrogen-bond acceptors (Lipinski definition) is 3. The highest BCUT2D eigenvalue weighted by Crippen LogP contribution is 2.27. The third-order valence-electron chi connectivity index (χ3n) is 5.78. The highest BCUT2D eigenvalue weighted by molar-refractivity contribution is 6.37. The number of benzene rings is 2. The first-order chi connectivity index (χ1) is 15.5. The van der Waals surface area contributed by atoms with Crippen LogP contribution in [0.4, 0.5) is 11.4 Å². The van der Waals surface area contributed by atoms with Crippen molar-refractivity contribution in [2.45, 2.75) is 40.5 Å². The minimum atomic E-state index is -0.280. The van der Waals surface area contributed by atoms with Gasteiger partial charge in [-0.15, -0.1) is 0 Å². The molecule has 1 heterocycles. The first-order valence-corrected chi connectivity index (χ1v) is 12.2. The zero-order valence-electron chi connectivity index (χ0n) is 19.8. The Hall–Kier alpha value is -2.24. The molecule has 1 unspecified atom stereocenters. The van der Waals surface area contributed by atoms with E-state index in [0.717, 1.165) is 38.3 Å². The van der Waals surface area contributed by atoms with Crippen molar-refractivity contribution >= 4 is 46.4 Å². The van der Waals surface area contributed by atoms with Crippen LogP contribution in [0.25, 0.3) is 0 Å². The molecule has 0 radical (unpaired) electrons. The van der Waals surface area contributed by atoms with Crippen LogP contribution in [0.15, 0.2) is 42.5 Å². The molecule has 1 saturated heterocycles. The Bertz CT molecular complexity index is 978. The lowest BCUT2D eigenvalue weighted by molar-refractivity contribution is -0.132. The van der Waals surface area contributed by atoms with Crippen LogP contribution in [0, 0.1) is 11.3 Å². The van der Waals surface area contributed by atoms with Crippen molar-refractivity contribution in [2.24, 2.45) is 11.3 Å². The van der Waals surface area contributed by atoms with Crippen molar-refractivity contribution in [3.05, 3.63) is 58.1 Å². The van der Waals surface area contributed by atoms with Crippen molar-refractivity contribution in [1.29, 1.82) is 0 Å². The minimum absolute atomic E-state index is 0.241. The van der Waals surface area contributed by atoms with Gasteiger partial charge < -0.3 is 15.1 Å². The summed E-state index contributed by atoms with van der Waals surface area (Å²) in [7, 11) is 0. The number of piperazine rings is 1. The molecule has 0 saturated carbocycles. The second-order valence-corrected chi connectivity index (χ2v) is 10.9. The summed E-state index contributed by atoms with van der Waals surface area (Å²) < 4.78 is 0. The molecule has 0 spiro atoms. The van der Waals surface area contributed by atoms with Gasteiger partial charge in [-0.3, -0.25) is 9.59 Å². The average molecular weight is 490 g/mol. The number of amides is 2. The normalized spacial score (nSPS) is 15.3. The summed E-state index contributed by atoms with van der Waals surface area (Å²) in [5.41, 5.74) is 2.38. The molecule has 2 amide bonds. The molecule has 0 aliphatic carbocycles. The number of carbonyl (C=O) groups is 2. The van der Waals surface area contributed by atoms with E-state index in [4.69, 9.17) is 23.2 Å². The molecule has 1 atom stereocenters. The molecule has 0 bridgehead atoms. The van der Waals surface area contributed by atoms with E-state index in [1.807, 2.05) is 29.2 Å². The number of nitrogens with zero attached hydrogens (tertiary/aromatic N) is 2. The predicted octanol–water partition coefficient (Wildman–Crippen LogP) is 6.36. The first-order valence-electron chi connectivity index (χ1n) is 11.4. The van der Waals surface area contributed by atoms with E-state index in [1.54, 1.807) is 18.2 Å². The van der Waals surface area contributed by atoms with Gasteiger partial charge in [0.1, 0.15) is 0 Å². The van der Waals surface area contributed by atoms with Crippen LogP contribution in [0.1, 0.15) is 50.9 Å². The summed E-state index contributed by atoms with van der Waals surface area (Å²) >= 11 is 12.0. The van der Waals surface area contributed by atoms with Crippen LogP contribution >= 0.6 is 23.2 Å². The van der Waals surface area contributed by atoms with Crippen molar-refractivity contribution in [2.75, 3.05) is 36.4 Å². The molecule has 178 valence electrons. The maximum absolute atomic E-state index is 12.7. The van der Waals surface area contributed by atoms with Crippen molar-refractivity contribution < 1.29 is 9.59 Å². The monoisotopic (exact) mass is 489 g/mol. The van der Waals surface area contributed by atoms with Crippen LogP contribution in [0.3, 0.4) is 0 Å². The fourth-order valence-corrected chi connectivity index (χ4v) is 4.88. The molecule has 5 nitrogen and oxygen atoms in total. The van der Waals surface area contributed by atoms with E-state index in [0.29, 0.717) is 33.6 Å². The minimum Gasteiger partial charge on any atom is -0.368 e. The molecule has 3 rings (SSSR count). The Morgan fingerprint density at radius 1 is 1.00 bits per heavy atom. The smallest absolute Gasteiger partial charge is 0.257 e. The SMILES string of the molecule is CC(CC(=O)N1CCN(c2ccc(NC(=O)c3ccc(Cl)cc3Cl)cc2)CC1)CC(C)(C)C. The second-order valence-electron chi connectivity index (χ2n) is 10.1. The summed E-state index contributed by atoms with van der Waals surface area (Å²) in [6.45, 7) is 11.9. The molecule has 7 heteroatoms. The third kappa shape index (κ3) is 7.38. The molecule has 1 aliphatic heterocycles. The highest BCUT2D eigenvalue weighted by Gasteiger charge is 2.24. The van der Waals surface area contributed by atoms with Gasteiger partial charge in [0.15, 0.2) is 0 Å². The average Bonchev–Trinajstić information content (AvgIpc) is 2.73. The molecule has 1 fully saturated rings. The highest BCUT2D eigenvalue weighted by atomic mass is 35.5. The van der Waals surface area contributed by atoms with Crippen LogP contribution < -0.4 is 10.2 Å². The van der Waals surface area contributed by atoms with Gasteiger partial charge in [0.25, 0.3) is 5.91 Å². The fraction of sp³-hybridized carbons (Fsp3) is 0.462. The second kappa shape index (κ2) is 10.8. The van der Waals surface area contributed by atoms with Crippen LogP contribution in [0.5, 0.6) is 0 Å². The molecule has 33 heavy (non-hydrogen) atoms. The maximum atomic E-state index is 12.7. The lowest BCUT2D eigenvalue weighted by atomic mass is 9.84. The molecule has 0 aromatic heterocycles. The van der Waals surface area contributed by atoms with Gasteiger partial charge in [-0.1, -0.05) is 50.9 Å². The first kappa shape index (κ1) is 25.4. The molecule has 2 aromatic carbocycles. The van der Waals surface area contributed by atoms with E-state index in [2.05, 4.69) is 37.9 Å². The van der Waals surface area contributed by atoms with Gasteiger partial charge in [0.2, 0.25) is 5.91 Å². The predicted molar refractivity (Wildman–Crippen MR) is 138 cm³/mol. The molecular formula is C26H33Cl2N3O2. The van der Waals surface area contributed by atoms with E-state index in [1.165, 1.54) is 0 Å². The van der Waals surface area contributed by atoms with Gasteiger partial charge in [-0.25, -0.2) is 0 Å². The van der Waals surface area contributed by atoms with Gasteiger partial charge in [0, 0.05) is 49.0 Å². The Morgan fingerprint density at radius 3 is 2.21 bits per heavy atom. The van der Waals surface area contributed by atoms with Gasteiger partial charge in [-0.2, -0.15) is 0 Å². The lowest BCUT2D eigenvalue weighted by Gasteiger charge is -2.37. The summed E-state index contributed by atoms with van der Waals surface area (Å²) in [6.07, 6.45) is 1.66. The number of nitrogens with one attached hydrogen (secondary N) is 1. The van der Waals surface area contributed by atoms with E-state index in [9.17, 15) is 9.59 Å². The Balaban J connectivity index is 1.51. The Kier molecular flexibility index (Phi) is 8.30. The largest absolute Gasteiger partial charge is 0.368 e. The van der Waals surface area contributed by atoms with Crippen molar-refractivity contribution in [3.8, 4) is 0 Å². The third-order valence-corrected chi connectivity index (χ3v) is 6.33. The van der Waals surface area contributed by atoms with E-state index in [-0.39, 0.29) is 17.2 Å². The quantitative estimate of drug-likeness (QED) is 0.513. The van der Waals surface area contributed by atoms with Crippen LogP contribution in [-0.4, -0.2) is 42.9 Å². The van der Waals surface area contributed by atoms with Gasteiger partial charge >= 0.3 is 0 Å². The zero-order chi connectivity index (χ0) is 24.2. The molecule has 1 N–H and O–H groups in total. The van der Waals surface area contributed by atoms with Crippen LogP contribution in [0.2, 0.25) is 10.0 Å². The Labute approximate surface area is 207 Å². The molecule has 1 aliphatic rings. The van der Waals surface area contributed by atoms with Gasteiger partial charge in [-0.05, 0) is 60.2 Å². The molecule has 2 aromatic rings. The van der Waals surface area contributed by atoms with Crippen LogP contribution in [-0.2, 0) is 4.79 Å². The number of rotatable bonds is 6.